The van der Waals surface area contributed by atoms with Gasteiger partial charge in [0.25, 0.3) is 10.0 Å². The molecule has 0 aliphatic heterocycles. The summed E-state index contributed by atoms with van der Waals surface area (Å²) in [6, 6.07) is 10.1. The Hall–Kier alpha value is -1.94. The maximum Gasteiger partial charge on any atom is 0.262 e. The molecule has 0 amide bonds. The highest BCUT2D eigenvalue weighted by Gasteiger charge is 2.17. The lowest BCUT2D eigenvalue weighted by Crippen LogP contribution is -2.14. The monoisotopic (exact) mass is 341 g/mol. The van der Waals surface area contributed by atoms with E-state index in [9.17, 15) is 8.42 Å². The summed E-state index contributed by atoms with van der Waals surface area (Å²) in [5, 5.41) is 9.19. The van der Waals surface area contributed by atoms with Gasteiger partial charge >= 0.3 is 0 Å². The third-order valence-electron chi connectivity index (χ3n) is 2.63. The summed E-state index contributed by atoms with van der Waals surface area (Å²) in [7, 11) is -3.88. The Morgan fingerprint density at radius 1 is 1.14 bits per heavy atom. The molecule has 0 aliphatic carbocycles. The Labute approximate surface area is 132 Å². The number of nitrogen functional groups attached to an aromatic ring is 1. The smallest absolute Gasteiger partial charge is 0.262 e. The van der Waals surface area contributed by atoms with Gasteiger partial charge in [0.1, 0.15) is 6.07 Å². The van der Waals surface area contributed by atoms with Crippen molar-refractivity contribution in [2.45, 2.75) is 4.90 Å². The molecule has 0 radical (unpaired) electrons. The average molecular weight is 342 g/mol. The molecule has 0 atom stereocenters. The number of nitrogens with one attached hydrogen (secondary N) is 1. The molecule has 2 rings (SSSR count). The third kappa shape index (κ3) is 3.39. The van der Waals surface area contributed by atoms with Crippen LogP contribution in [-0.2, 0) is 10.0 Å². The summed E-state index contributed by atoms with van der Waals surface area (Å²) in [6.45, 7) is 0. The average Bonchev–Trinajstić information content (AvgIpc) is 2.42. The Morgan fingerprint density at radius 2 is 1.86 bits per heavy atom. The van der Waals surface area contributed by atoms with Crippen LogP contribution in [0.25, 0.3) is 0 Å². The third-order valence-corrected chi connectivity index (χ3v) is 4.54. The Kier molecular flexibility index (Phi) is 4.28. The van der Waals surface area contributed by atoms with Crippen LogP contribution in [0.1, 0.15) is 5.56 Å². The van der Waals surface area contributed by atoms with E-state index in [4.69, 9.17) is 34.2 Å². The number of hydrogen-bond donors (Lipinski definition) is 2. The number of nitrogens with two attached hydrogens (primary N) is 1. The number of sulfonamides is 1. The summed E-state index contributed by atoms with van der Waals surface area (Å²) >= 11 is 11.6. The molecule has 2 aromatic carbocycles. The predicted molar refractivity (Wildman–Crippen MR) is 82.8 cm³/mol. The van der Waals surface area contributed by atoms with Crippen LogP contribution in [0.2, 0.25) is 10.0 Å². The summed E-state index contributed by atoms with van der Waals surface area (Å²) in [4.78, 5) is -0.0779. The normalized spacial score (nSPS) is 10.9. The second-order valence-electron chi connectivity index (χ2n) is 4.09. The highest BCUT2D eigenvalue weighted by Crippen LogP contribution is 2.27. The molecule has 2 aromatic rings. The molecule has 21 heavy (non-hydrogen) atoms. The Balaban J connectivity index is 2.41. The van der Waals surface area contributed by atoms with Crippen LogP contribution in [0.3, 0.4) is 0 Å². The van der Waals surface area contributed by atoms with Crippen LogP contribution < -0.4 is 10.5 Å². The van der Waals surface area contributed by atoms with Crippen molar-refractivity contribution in [2.75, 3.05) is 10.5 Å². The van der Waals surface area contributed by atoms with Crippen molar-refractivity contribution in [1.82, 2.24) is 0 Å². The summed E-state index contributed by atoms with van der Waals surface area (Å²) in [5.74, 6) is 0. The predicted octanol–water partition coefficient (Wildman–Crippen LogP) is 3.25. The molecule has 0 unspecified atom stereocenters. The molecule has 8 heteroatoms. The number of rotatable bonds is 3. The van der Waals surface area contributed by atoms with Gasteiger partial charge in [0.05, 0.1) is 26.9 Å². The van der Waals surface area contributed by atoms with E-state index in [-0.39, 0.29) is 26.9 Å². The number of anilines is 2. The van der Waals surface area contributed by atoms with E-state index >= 15 is 0 Å². The van der Waals surface area contributed by atoms with Gasteiger partial charge in [-0.3, -0.25) is 4.72 Å². The van der Waals surface area contributed by atoms with Crippen LogP contribution in [0.5, 0.6) is 0 Å². The zero-order valence-corrected chi connectivity index (χ0v) is 12.8. The number of benzene rings is 2. The zero-order valence-electron chi connectivity index (χ0n) is 10.5. The SMILES string of the molecule is N#Cc1ccc(S(=O)(=O)Nc2cc(Cl)ccc2N)cc1Cl. The van der Waals surface area contributed by atoms with Crippen LogP contribution in [0, 0.1) is 11.3 Å². The molecular formula is C13H9Cl2N3O2S. The van der Waals surface area contributed by atoms with Crippen LogP contribution in [-0.4, -0.2) is 8.42 Å². The van der Waals surface area contributed by atoms with Crippen LogP contribution in [0.15, 0.2) is 41.3 Å². The second kappa shape index (κ2) is 5.82. The number of hydrogen-bond acceptors (Lipinski definition) is 4. The molecule has 3 N–H and O–H groups in total. The number of nitriles is 1. The summed E-state index contributed by atoms with van der Waals surface area (Å²) < 4.78 is 26.9. The maximum atomic E-state index is 12.3. The lowest BCUT2D eigenvalue weighted by molar-refractivity contribution is 0.601. The molecule has 0 heterocycles. The van der Waals surface area contributed by atoms with E-state index in [0.29, 0.717) is 5.02 Å². The molecule has 0 saturated carbocycles. The number of halogens is 2. The highest BCUT2D eigenvalue weighted by atomic mass is 35.5. The quantitative estimate of drug-likeness (QED) is 0.837. The molecule has 0 aliphatic rings. The van der Waals surface area contributed by atoms with Gasteiger partial charge in [0, 0.05) is 5.02 Å². The van der Waals surface area contributed by atoms with E-state index in [0.717, 1.165) is 0 Å². The molecule has 0 saturated heterocycles. The van der Waals surface area contributed by atoms with Gasteiger partial charge in [-0.15, -0.1) is 0 Å². The Morgan fingerprint density at radius 3 is 2.48 bits per heavy atom. The molecule has 5 nitrogen and oxygen atoms in total. The van der Waals surface area contributed by atoms with Crippen molar-refractivity contribution in [1.29, 1.82) is 5.26 Å². The van der Waals surface area contributed by atoms with E-state index in [1.165, 1.54) is 30.3 Å². The molecular weight excluding hydrogens is 333 g/mol. The number of nitrogens with zero attached hydrogens (tertiary/aromatic N) is 1. The van der Waals surface area contributed by atoms with E-state index in [1.807, 2.05) is 6.07 Å². The Bertz CT molecular complexity index is 845. The first-order valence-corrected chi connectivity index (χ1v) is 7.85. The summed E-state index contributed by atoms with van der Waals surface area (Å²) in [5.41, 5.74) is 6.30. The van der Waals surface area contributed by atoms with Crippen molar-refractivity contribution in [3.63, 3.8) is 0 Å². The standard InChI is InChI=1S/C13H9Cl2N3O2S/c14-9-2-4-12(17)13(5-9)18-21(19,20)10-3-1-8(7-16)11(15)6-10/h1-6,18H,17H2. The minimum absolute atomic E-state index is 0.0550. The highest BCUT2D eigenvalue weighted by molar-refractivity contribution is 7.92. The first-order chi connectivity index (χ1) is 9.83. The fourth-order valence-corrected chi connectivity index (χ4v) is 3.14. The van der Waals surface area contributed by atoms with E-state index in [2.05, 4.69) is 4.72 Å². The van der Waals surface area contributed by atoms with Gasteiger partial charge in [-0.25, -0.2) is 8.42 Å². The zero-order chi connectivity index (χ0) is 15.6. The van der Waals surface area contributed by atoms with E-state index < -0.39 is 10.0 Å². The van der Waals surface area contributed by atoms with Gasteiger partial charge in [-0.2, -0.15) is 5.26 Å². The first kappa shape index (κ1) is 15.4. The van der Waals surface area contributed by atoms with Gasteiger partial charge < -0.3 is 5.73 Å². The van der Waals surface area contributed by atoms with Gasteiger partial charge in [0.2, 0.25) is 0 Å². The van der Waals surface area contributed by atoms with Gasteiger partial charge in [-0.1, -0.05) is 23.2 Å². The van der Waals surface area contributed by atoms with Crippen molar-refractivity contribution >= 4 is 44.6 Å². The van der Waals surface area contributed by atoms with Crippen LogP contribution >= 0.6 is 23.2 Å². The van der Waals surface area contributed by atoms with Crippen LogP contribution in [0.4, 0.5) is 11.4 Å². The molecule has 0 fully saturated rings. The topological polar surface area (TPSA) is 96.0 Å². The molecule has 108 valence electrons. The molecule has 0 bridgehead atoms. The fraction of sp³-hybridized carbons (Fsp3) is 0. The first-order valence-electron chi connectivity index (χ1n) is 5.61. The second-order valence-corrected chi connectivity index (χ2v) is 6.62. The molecule has 0 spiro atoms. The lowest BCUT2D eigenvalue weighted by atomic mass is 10.2. The van der Waals surface area contributed by atoms with Gasteiger partial charge in [0.15, 0.2) is 0 Å². The molecule has 0 aromatic heterocycles. The largest absolute Gasteiger partial charge is 0.397 e. The summed E-state index contributed by atoms with van der Waals surface area (Å²) in [6.07, 6.45) is 0. The minimum Gasteiger partial charge on any atom is -0.397 e. The van der Waals surface area contributed by atoms with Gasteiger partial charge in [-0.05, 0) is 36.4 Å². The van der Waals surface area contributed by atoms with E-state index in [1.54, 1.807) is 6.07 Å². The van der Waals surface area contributed by atoms with Crippen molar-refractivity contribution in [3.8, 4) is 6.07 Å². The fourth-order valence-electron chi connectivity index (χ4n) is 1.57. The van der Waals surface area contributed by atoms with Crippen molar-refractivity contribution in [2.24, 2.45) is 0 Å². The minimum atomic E-state index is -3.88. The lowest BCUT2D eigenvalue weighted by Gasteiger charge is -2.11. The van der Waals surface area contributed by atoms with Crippen molar-refractivity contribution in [3.05, 3.63) is 52.0 Å². The maximum absolute atomic E-state index is 12.3. The van der Waals surface area contributed by atoms with Crippen molar-refractivity contribution < 1.29 is 8.42 Å².